The van der Waals surface area contributed by atoms with Crippen LogP contribution in [0.3, 0.4) is 0 Å². The molecule has 36 heavy (non-hydrogen) atoms. The molecule has 1 fully saturated rings. The monoisotopic (exact) mass is 487 g/mol. The molecule has 0 amide bonds. The fourth-order valence-corrected chi connectivity index (χ4v) is 5.57. The molecule has 1 unspecified atom stereocenters. The van der Waals surface area contributed by atoms with Crippen LogP contribution in [-0.2, 0) is 16.0 Å². The standard InChI is InChI=1S/C29H29NO6/c1-30(2)17-22-25(18-9-7-6-8-10-18)29(19-11-13-20(33-3)14-12-19)28(32,27(22)31)26-23(35-5)15-21(34-4)16-24(26)36-29/h6-17,25,32H,1-5H3/b22-17-/t25-,28?,29+/m1/s1. The maximum atomic E-state index is 14.4. The summed E-state index contributed by atoms with van der Waals surface area (Å²) >= 11 is 0. The van der Waals surface area contributed by atoms with Crippen molar-refractivity contribution in [3.8, 4) is 23.0 Å². The lowest BCUT2D eigenvalue weighted by Gasteiger charge is -2.39. The van der Waals surface area contributed by atoms with Crippen LogP contribution in [0.2, 0.25) is 0 Å². The van der Waals surface area contributed by atoms with Gasteiger partial charge < -0.3 is 29.0 Å². The van der Waals surface area contributed by atoms with E-state index in [9.17, 15) is 9.90 Å². The molecular weight excluding hydrogens is 458 g/mol. The molecule has 7 nitrogen and oxygen atoms in total. The number of carbonyl (C=O) groups is 1. The summed E-state index contributed by atoms with van der Waals surface area (Å²) in [6, 6.07) is 20.2. The molecule has 0 radical (unpaired) electrons. The van der Waals surface area contributed by atoms with E-state index in [1.165, 1.54) is 7.11 Å². The van der Waals surface area contributed by atoms with Crippen molar-refractivity contribution in [1.82, 2.24) is 4.90 Å². The Labute approximate surface area is 210 Å². The van der Waals surface area contributed by atoms with Gasteiger partial charge in [0.2, 0.25) is 11.4 Å². The van der Waals surface area contributed by atoms with Crippen LogP contribution < -0.4 is 18.9 Å². The molecule has 3 aromatic carbocycles. The SMILES string of the molecule is COc1ccc([C@@]23Oc4cc(OC)cc(OC)c4C2(O)C(=O)/C(=C\N(C)C)[C@H]3c2ccccc2)cc1. The van der Waals surface area contributed by atoms with Crippen LogP contribution in [0.1, 0.15) is 22.6 Å². The summed E-state index contributed by atoms with van der Waals surface area (Å²) in [5.74, 6) is 0.722. The number of aliphatic hydroxyl groups is 1. The van der Waals surface area contributed by atoms with Crippen molar-refractivity contribution in [3.63, 3.8) is 0 Å². The predicted octanol–water partition coefficient (Wildman–Crippen LogP) is 4.00. The van der Waals surface area contributed by atoms with E-state index < -0.39 is 22.9 Å². The van der Waals surface area contributed by atoms with Crippen molar-refractivity contribution in [2.24, 2.45) is 0 Å². The number of ether oxygens (including phenoxy) is 4. The third-order valence-electron chi connectivity index (χ3n) is 7.02. The van der Waals surface area contributed by atoms with E-state index in [-0.39, 0.29) is 5.56 Å². The minimum absolute atomic E-state index is 0.287. The first-order valence-corrected chi connectivity index (χ1v) is 11.6. The quantitative estimate of drug-likeness (QED) is 0.527. The van der Waals surface area contributed by atoms with Gasteiger partial charge in [-0.15, -0.1) is 0 Å². The van der Waals surface area contributed by atoms with Gasteiger partial charge in [0, 0.05) is 43.6 Å². The van der Waals surface area contributed by atoms with Crippen LogP contribution in [0.15, 0.2) is 78.5 Å². The average molecular weight is 488 g/mol. The van der Waals surface area contributed by atoms with Crippen molar-refractivity contribution in [2.45, 2.75) is 17.1 Å². The molecule has 0 saturated heterocycles. The van der Waals surface area contributed by atoms with Crippen LogP contribution in [0.5, 0.6) is 23.0 Å². The Bertz CT molecular complexity index is 1330. The van der Waals surface area contributed by atoms with E-state index in [0.29, 0.717) is 34.1 Å². The lowest BCUT2D eigenvalue weighted by molar-refractivity contribution is -0.150. The molecule has 3 atom stereocenters. The predicted molar refractivity (Wildman–Crippen MR) is 135 cm³/mol. The van der Waals surface area contributed by atoms with Crippen LogP contribution in [-0.4, -0.2) is 51.2 Å². The molecule has 1 saturated carbocycles. The smallest absolute Gasteiger partial charge is 0.204 e. The number of nitrogens with zero attached hydrogens (tertiary/aromatic N) is 1. The summed E-state index contributed by atoms with van der Waals surface area (Å²) in [6.45, 7) is 0. The molecule has 0 spiro atoms. The minimum atomic E-state index is -2.07. The molecule has 7 heteroatoms. The lowest BCUT2D eigenvalue weighted by atomic mass is 9.71. The van der Waals surface area contributed by atoms with Gasteiger partial charge in [-0.2, -0.15) is 0 Å². The number of Topliss-reactive ketones (excluding diaryl/α,β-unsaturated/α-hetero) is 1. The summed E-state index contributed by atoms with van der Waals surface area (Å²) < 4.78 is 23.3. The van der Waals surface area contributed by atoms with E-state index in [1.54, 1.807) is 44.7 Å². The molecule has 186 valence electrons. The molecular formula is C29H29NO6. The molecule has 1 N–H and O–H groups in total. The topological polar surface area (TPSA) is 77.5 Å². The Morgan fingerprint density at radius 3 is 2.17 bits per heavy atom. The van der Waals surface area contributed by atoms with Crippen molar-refractivity contribution in [2.75, 3.05) is 35.4 Å². The van der Waals surface area contributed by atoms with Crippen LogP contribution in [0, 0.1) is 0 Å². The van der Waals surface area contributed by atoms with Crippen molar-refractivity contribution in [1.29, 1.82) is 0 Å². The molecule has 0 bridgehead atoms. The van der Waals surface area contributed by atoms with E-state index >= 15 is 0 Å². The van der Waals surface area contributed by atoms with Gasteiger partial charge in [0.25, 0.3) is 0 Å². The average Bonchev–Trinajstić information content (AvgIpc) is 3.26. The second kappa shape index (κ2) is 8.60. The summed E-state index contributed by atoms with van der Waals surface area (Å²) in [4.78, 5) is 16.2. The summed E-state index contributed by atoms with van der Waals surface area (Å²) in [6.07, 6.45) is 1.76. The molecule has 1 heterocycles. The molecule has 1 aliphatic heterocycles. The summed E-state index contributed by atoms with van der Waals surface area (Å²) in [7, 11) is 8.32. The van der Waals surface area contributed by atoms with Crippen LogP contribution in [0.4, 0.5) is 0 Å². The van der Waals surface area contributed by atoms with Gasteiger partial charge in [0.15, 0.2) is 5.60 Å². The van der Waals surface area contributed by atoms with Gasteiger partial charge in [-0.3, -0.25) is 4.79 Å². The number of ketones is 1. The Morgan fingerprint density at radius 1 is 0.917 bits per heavy atom. The zero-order valence-corrected chi connectivity index (χ0v) is 20.9. The number of fused-ring (bicyclic) bond motifs is 3. The van der Waals surface area contributed by atoms with E-state index in [4.69, 9.17) is 18.9 Å². The molecule has 2 aliphatic rings. The van der Waals surface area contributed by atoms with Gasteiger partial charge in [-0.25, -0.2) is 0 Å². The summed E-state index contributed by atoms with van der Waals surface area (Å²) in [5.41, 5.74) is -1.39. The largest absolute Gasteiger partial charge is 0.497 e. The van der Waals surface area contributed by atoms with Gasteiger partial charge in [0.05, 0.1) is 32.8 Å². The molecule has 1 aliphatic carbocycles. The third kappa shape index (κ3) is 3.12. The van der Waals surface area contributed by atoms with Gasteiger partial charge >= 0.3 is 0 Å². The van der Waals surface area contributed by atoms with Crippen molar-refractivity contribution in [3.05, 3.63) is 95.2 Å². The minimum Gasteiger partial charge on any atom is -0.497 e. The molecule has 0 aromatic heterocycles. The Balaban J connectivity index is 1.90. The zero-order chi connectivity index (χ0) is 25.7. The highest BCUT2D eigenvalue weighted by molar-refractivity contribution is 6.10. The zero-order valence-electron chi connectivity index (χ0n) is 20.9. The second-order valence-corrected chi connectivity index (χ2v) is 9.20. The van der Waals surface area contributed by atoms with Gasteiger partial charge in [0.1, 0.15) is 23.0 Å². The Hall–Kier alpha value is -3.97. The third-order valence-corrected chi connectivity index (χ3v) is 7.02. The fourth-order valence-electron chi connectivity index (χ4n) is 5.57. The maximum absolute atomic E-state index is 14.4. The second-order valence-electron chi connectivity index (χ2n) is 9.20. The van der Waals surface area contributed by atoms with Crippen molar-refractivity contribution < 1.29 is 28.8 Å². The normalized spacial score (nSPS) is 25.2. The fraction of sp³-hybridized carbons (Fsp3) is 0.276. The number of carbonyl (C=O) groups excluding carboxylic acids is 1. The number of methoxy groups -OCH3 is 3. The maximum Gasteiger partial charge on any atom is 0.204 e. The number of hydrogen-bond acceptors (Lipinski definition) is 7. The van der Waals surface area contributed by atoms with E-state index in [0.717, 1.165) is 5.56 Å². The first kappa shape index (κ1) is 23.8. The first-order valence-electron chi connectivity index (χ1n) is 11.6. The number of rotatable bonds is 6. The highest BCUT2D eigenvalue weighted by Crippen LogP contribution is 2.68. The number of hydrogen-bond donors (Lipinski definition) is 1. The lowest BCUT2D eigenvalue weighted by Crippen LogP contribution is -2.50. The van der Waals surface area contributed by atoms with Crippen molar-refractivity contribution >= 4 is 5.78 Å². The van der Waals surface area contributed by atoms with Gasteiger partial charge in [-0.05, 0) is 17.7 Å². The Kier molecular flexibility index (Phi) is 5.68. The summed E-state index contributed by atoms with van der Waals surface area (Å²) in [5, 5.41) is 12.7. The number of benzene rings is 3. The molecule has 3 aromatic rings. The van der Waals surface area contributed by atoms with Crippen LogP contribution >= 0.6 is 0 Å². The molecule has 5 rings (SSSR count). The van der Waals surface area contributed by atoms with E-state index in [2.05, 4.69) is 0 Å². The Morgan fingerprint density at radius 2 is 1.58 bits per heavy atom. The highest BCUT2D eigenvalue weighted by atomic mass is 16.5. The first-order chi connectivity index (χ1) is 17.3. The highest BCUT2D eigenvalue weighted by Gasteiger charge is 2.76. The van der Waals surface area contributed by atoms with Gasteiger partial charge in [-0.1, -0.05) is 42.5 Å². The van der Waals surface area contributed by atoms with Crippen LogP contribution in [0.25, 0.3) is 0 Å². The van der Waals surface area contributed by atoms with E-state index in [1.807, 2.05) is 61.5 Å².